The Kier molecular flexibility index (Phi) is 3.61. The van der Waals surface area contributed by atoms with E-state index in [0.717, 1.165) is 16.3 Å². The van der Waals surface area contributed by atoms with Crippen LogP contribution in [0.25, 0.3) is 0 Å². The van der Waals surface area contributed by atoms with Gasteiger partial charge in [0.05, 0.1) is 18.1 Å². The highest BCUT2D eigenvalue weighted by Gasteiger charge is 2.35. The average molecular weight is 275 g/mol. The molecule has 0 radical (unpaired) electrons. The zero-order valence-corrected chi connectivity index (χ0v) is 10.0. The Morgan fingerprint density at radius 3 is 2.39 bits per heavy atom. The zero-order valence-electron chi connectivity index (χ0n) is 9.28. The SMILES string of the molecule is FC(F)(F)c1cc(CCl)nn1Cc1ccccc1. The van der Waals surface area contributed by atoms with Crippen LogP contribution in [0.1, 0.15) is 17.0 Å². The average Bonchev–Trinajstić information content (AvgIpc) is 2.73. The summed E-state index contributed by atoms with van der Waals surface area (Å²) in [7, 11) is 0. The minimum absolute atomic E-state index is 0.0368. The van der Waals surface area contributed by atoms with Crippen molar-refractivity contribution in [2.45, 2.75) is 18.6 Å². The molecule has 2 aromatic rings. The molecule has 1 heterocycles. The van der Waals surface area contributed by atoms with Crippen LogP contribution in [0.2, 0.25) is 0 Å². The summed E-state index contributed by atoms with van der Waals surface area (Å²) in [5, 5.41) is 3.86. The summed E-state index contributed by atoms with van der Waals surface area (Å²) in [6, 6.07) is 9.84. The maximum Gasteiger partial charge on any atom is 0.433 e. The van der Waals surface area contributed by atoms with Gasteiger partial charge in [-0.3, -0.25) is 4.68 Å². The van der Waals surface area contributed by atoms with Gasteiger partial charge in [0, 0.05) is 0 Å². The molecule has 0 unspecified atom stereocenters. The highest BCUT2D eigenvalue weighted by molar-refractivity contribution is 6.16. The third-order valence-corrected chi connectivity index (χ3v) is 2.71. The minimum atomic E-state index is -4.42. The van der Waals surface area contributed by atoms with Crippen LogP contribution in [-0.4, -0.2) is 9.78 Å². The summed E-state index contributed by atoms with van der Waals surface area (Å²) in [6.07, 6.45) is -4.42. The molecular formula is C12H10ClF3N2. The second kappa shape index (κ2) is 5.02. The lowest BCUT2D eigenvalue weighted by Gasteiger charge is -2.10. The number of hydrogen-bond donors (Lipinski definition) is 0. The molecule has 0 saturated carbocycles. The molecule has 0 amide bonds. The quantitative estimate of drug-likeness (QED) is 0.781. The smallest absolute Gasteiger partial charge is 0.256 e. The summed E-state index contributed by atoms with van der Waals surface area (Å²) in [5.41, 5.74) is 0.203. The largest absolute Gasteiger partial charge is 0.433 e. The van der Waals surface area contributed by atoms with Gasteiger partial charge in [-0.05, 0) is 11.6 Å². The van der Waals surface area contributed by atoms with Gasteiger partial charge >= 0.3 is 6.18 Å². The molecule has 1 aromatic carbocycles. The van der Waals surface area contributed by atoms with E-state index in [1.54, 1.807) is 30.3 Å². The van der Waals surface area contributed by atoms with Crippen molar-refractivity contribution in [1.82, 2.24) is 9.78 Å². The number of halogens is 4. The molecule has 1 aromatic heterocycles. The number of alkyl halides is 4. The van der Waals surface area contributed by atoms with Gasteiger partial charge in [0.25, 0.3) is 0 Å². The molecule has 18 heavy (non-hydrogen) atoms. The fraction of sp³-hybridized carbons (Fsp3) is 0.250. The van der Waals surface area contributed by atoms with Crippen LogP contribution in [0.4, 0.5) is 13.2 Å². The van der Waals surface area contributed by atoms with E-state index in [-0.39, 0.29) is 18.1 Å². The fourth-order valence-corrected chi connectivity index (χ4v) is 1.77. The number of benzene rings is 1. The summed E-state index contributed by atoms with van der Waals surface area (Å²) < 4.78 is 39.3. The summed E-state index contributed by atoms with van der Waals surface area (Å²) in [4.78, 5) is 0. The van der Waals surface area contributed by atoms with Crippen LogP contribution in [0.3, 0.4) is 0 Å². The lowest BCUT2D eigenvalue weighted by Crippen LogP contribution is -2.15. The van der Waals surface area contributed by atoms with Crippen molar-refractivity contribution in [1.29, 1.82) is 0 Å². The van der Waals surface area contributed by atoms with Gasteiger partial charge < -0.3 is 0 Å². The Labute approximate surface area is 107 Å². The van der Waals surface area contributed by atoms with E-state index in [1.807, 2.05) is 0 Å². The molecule has 0 atom stereocenters. The van der Waals surface area contributed by atoms with Crippen LogP contribution in [0.5, 0.6) is 0 Å². The molecule has 6 heteroatoms. The fourth-order valence-electron chi connectivity index (χ4n) is 1.64. The highest BCUT2D eigenvalue weighted by Crippen LogP contribution is 2.30. The van der Waals surface area contributed by atoms with Gasteiger partial charge in [-0.25, -0.2) is 0 Å². The molecule has 96 valence electrons. The molecule has 0 bridgehead atoms. The number of hydrogen-bond acceptors (Lipinski definition) is 1. The first kappa shape index (κ1) is 13.0. The Morgan fingerprint density at radius 2 is 1.83 bits per heavy atom. The zero-order chi connectivity index (χ0) is 13.2. The van der Waals surface area contributed by atoms with Gasteiger partial charge in [0.15, 0.2) is 0 Å². The van der Waals surface area contributed by atoms with E-state index < -0.39 is 11.9 Å². The Balaban J connectivity index is 2.35. The normalized spacial score (nSPS) is 11.8. The third kappa shape index (κ3) is 2.85. The molecule has 0 fully saturated rings. The van der Waals surface area contributed by atoms with E-state index in [2.05, 4.69) is 5.10 Å². The van der Waals surface area contributed by atoms with Crippen molar-refractivity contribution in [3.63, 3.8) is 0 Å². The first-order chi connectivity index (χ1) is 8.50. The van der Waals surface area contributed by atoms with E-state index in [9.17, 15) is 13.2 Å². The van der Waals surface area contributed by atoms with Gasteiger partial charge in [-0.2, -0.15) is 18.3 Å². The van der Waals surface area contributed by atoms with Crippen molar-refractivity contribution in [3.05, 3.63) is 53.3 Å². The van der Waals surface area contributed by atoms with E-state index >= 15 is 0 Å². The topological polar surface area (TPSA) is 17.8 Å². The molecular weight excluding hydrogens is 265 g/mol. The van der Waals surface area contributed by atoms with Crippen molar-refractivity contribution in [2.24, 2.45) is 0 Å². The summed E-state index contributed by atoms with van der Waals surface area (Å²) in [6.45, 7) is 0.0760. The number of nitrogens with zero attached hydrogens (tertiary/aromatic N) is 2. The van der Waals surface area contributed by atoms with Gasteiger partial charge in [0.1, 0.15) is 5.69 Å². The van der Waals surface area contributed by atoms with Gasteiger partial charge in [-0.1, -0.05) is 30.3 Å². The summed E-state index contributed by atoms with van der Waals surface area (Å²) in [5.74, 6) is -0.0368. The maximum atomic E-state index is 12.8. The molecule has 0 aliphatic rings. The van der Waals surface area contributed by atoms with Gasteiger partial charge in [0.2, 0.25) is 0 Å². The highest BCUT2D eigenvalue weighted by atomic mass is 35.5. The van der Waals surface area contributed by atoms with E-state index in [1.165, 1.54) is 0 Å². The van der Waals surface area contributed by atoms with Crippen LogP contribution in [0.15, 0.2) is 36.4 Å². The lowest BCUT2D eigenvalue weighted by atomic mass is 10.2. The molecule has 0 spiro atoms. The van der Waals surface area contributed by atoms with E-state index in [4.69, 9.17) is 11.6 Å². The Hall–Kier alpha value is -1.49. The monoisotopic (exact) mass is 274 g/mol. The van der Waals surface area contributed by atoms with Crippen LogP contribution < -0.4 is 0 Å². The third-order valence-electron chi connectivity index (χ3n) is 2.43. The second-order valence-corrected chi connectivity index (χ2v) is 4.06. The van der Waals surface area contributed by atoms with Crippen LogP contribution >= 0.6 is 11.6 Å². The predicted molar refractivity (Wildman–Crippen MR) is 62.3 cm³/mol. The van der Waals surface area contributed by atoms with Gasteiger partial charge in [-0.15, -0.1) is 11.6 Å². The molecule has 2 rings (SSSR count). The summed E-state index contributed by atoms with van der Waals surface area (Å²) >= 11 is 5.52. The molecule has 2 nitrogen and oxygen atoms in total. The maximum absolute atomic E-state index is 12.8. The van der Waals surface area contributed by atoms with Crippen molar-refractivity contribution in [3.8, 4) is 0 Å². The molecule has 0 aliphatic heterocycles. The molecule has 0 aliphatic carbocycles. The minimum Gasteiger partial charge on any atom is -0.256 e. The van der Waals surface area contributed by atoms with Crippen molar-refractivity contribution < 1.29 is 13.2 Å². The predicted octanol–water partition coefficient (Wildman–Crippen LogP) is 3.69. The standard InChI is InChI=1S/C12H10ClF3N2/c13-7-10-6-11(12(14,15)16)18(17-10)8-9-4-2-1-3-5-9/h1-6H,7-8H2. The van der Waals surface area contributed by atoms with Crippen molar-refractivity contribution >= 4 is 11.6 Å². The van der Waals surface area contributed by atoms with Crippen LogP contribution in [-0.2, 0) is 18.6 Å². The molecule has 0 saturated heterocycles. The second-order valence-electron chi connectivity index (χ2n) is 3.80. The van der Waals surface area contributed by atoms with Crippen LogP contribution in [0, 0.1) is 0 Å². The Bertz CT molecular complexity index is 520. The number of rotatable bonds is 3. The Morgan fingerprint density at radius 1 is 1.17 bits per heavy atom. The molecule has 0 N–H and O–H groups in total. The lowest BCUT2D eigenvalue weighted by molar-refractivity contribution is -0.144. The first-order valence-electron chi connectivity index (χ1n) is 5.24. The van der Waals surface area contributed by atoms with Crippen molar-refractivity contribution in [2.75, 3.05) is 0 Å². The number of aromatic nitrogens is 2. The first-order valence-corrected chi connectivity index (χ1v) is 5.78. The van der Waals surface area contributed by atoms with E-state index in [0.29, 0.717) is 0 Å².